The summed E-state index contributed by atoms with van der Waals surface area (Å²) in [5.74, 6) is -1.16. The number of allylic oxidation sites excluding steroid dienone is 1. The lowest BCUT2D eigenvalue weighted by Gasteiger charge is -2.61. The summed E-state index contributed by atoms with van der Waals surface area (Å²) in [5, 5.41) is 0. The van der Waals surface area contributed by atoms with Crippen LogP contribution in [0.25, 0.3) is 0 Å². The summed E-state index contributed by atoms with van der Waals surface area (Å²) in [6.45, 7) is 10.5. The number of epoxide rings is 1. The Morgan fingerprint density at radius 3 is 2.26 bits per heavy atom. The summed E-state index contributed by atoms with van der Waals surface area (Å²) in [6.07, 6.45) is 5.37. The summed E-state index contributed by atoms with van der Waals surface area (Å²) in [7, 11) is 0. The number of cyclic esters (lactones) is 1. The summed E-state index contributed by atoms with van der Waals surface area (Å²) >= 11 is 0. The van der Waals surface area contributed by atoms with Gasteiger partial charge in [0.15, 0.2) is 6.10 Å². The van der Waals surface area contributed by atoms with Crippen LogP contribution in [0.5, 0.6) is 0 Å². The van der Waals surface area contributed by atoms with Crippen LogP contribution >= 0.6 is 0 Å². The standard InChI is InChI=1S/C29H42O9/c1-6-23(30)35-16-28(5)20-11-14-29(17-36-29)21(27(20,4)13-12-22(28)38-25(32)8-3)10-9-18-19(15-34-26(18)33)37-24(31)7-2/h9,19-22H,6-8,10-17H2,1-5H3/t19-,20?,21?,22-,27+,28+,29+/m1/s1. The lowest BCUT2D eigenvalue weighted by Crippen LogP contribution is -2.61. The molecule has 212 valence electrons. The lowest BCUT2D eigenvalue weighted by molar-refractivity contribution is -0.203. The number of hydrogen-bond acceptors (Lipinski definition) is 9. The molecule has 2 saturated carbocycles. The highest BCUT2D eigenvalue weighted by molar-refractivity contribution is 5.92. The molecule has 9 nitrogen and oxygen atoms in total. The molecule has 7 atom stereocenters. The number of hydrogen-bond donors (Lipinski definition) is 0. The van der Waals surface area contributed by atoms with Crippen molar-refractivity contribution >= 4 is 23.9 Å². The van der Waals surface area contributed by atoms with Crippen LogP contribution < -0.4 is 0 Å². The highest BCUT2D eigenvalue weighted by atomic mass is 16.6. The van der Waals surface area contributed by atoms with E-state index < -0.39 is 17.5 Å². The van der Waals surface area contributed by atoms with E-state index in [0.717, 1.165) is 19.3 Å². The minimum Gasteiger partial charge on any atom is -0.465 e. The molecule has 4 fully saturated rings. The normalized spacial score (nSPS) is 38.9. The second-order valence-corrected chi connectivity index (χ2v) is 11.7. The molecule has 1 spiro atoms. The third kappa shape index (κ3) is 5.23. The molecule has 0 bridgehead atoms. The second-order valence-electron chi connectivity index (χ2n) is 11.7. The lowest BCUT2D eigenvalue weighted by atomic mass is 9.45. The fourth-order valence-electron chi connectivity index (χ4n) is 7.31. The first-order chi connectivity index (χ1) is 18.0. The van der Waals surface area contributed by atoms with Crippen molar-refractivity contribution in [3.05, 3.63) is 11.6 Å². The van der Waals surface area contributed by atoms with E-state index in [0.29, 0.717) is 25.0 Å². The van der Waals surface area contributed by atoms with E-state index in [9.17, 15) is 19.2 Å². The molecule has 2 saturated heterocycles. The van der Waals surface area contributed by atoms with Crippen molar-refractivity contribution in [2.45, 2.75) is 104 Å². The number of ether oxygens (including phenoxy) is 5. The van der Waals surface area contributed by atoms with Crippen molar-refractivity contribution in [1.82, 2.24) is 0 Å². The molecular formula is C29H42O9. The third-order valence-corrected chi connectivity index (χ3v) is 9.55. The highest BCUT2D eigenvalue weighted by Crippen LogP contribution is 2.66. The van der Waals surface area contributed by atoms with E-state index in [1.165, 1.54) is 0 Å². The highest BCUT2D eigenvalue weighted by Gasteiger charge is 2.67. The number of carbonyl (C=O) groups is 4. The average molecular weight is 535 g/mol. The molecular weight excluding hydrogens is 492 g/mol. The van der Waals surface area contributed by atoms with E-state index in [4.69, 9.17) is 23.7 Å². The van der Waals surface area contributed by atoms with Crippen molar-refractivity contribution in [3.63, 3.8) is 0 Å². The first kappa shape index (κ1) is 28.6. The third-order valence-electron chi connectivity index (χ3n) is 9.55. The molecule has 0 aromatic rings. The smallest absolute Gasteiger partial charge is 0.337 e. The van der Waals surface area contributed by atoms with Crippen LogP contribution in [0, 0.1) is 22.7 Å². The van der Waals surface area contributed by atoms with Crippen molar-refractivity contribution in [3.8, 4) is 0 Å². The van der Waals surface area contributed by atoms with Gasteiger partial charge >= 0.3 is 23.9 Å². The van der Waals surface area contributed by atoms with Gasteiger partial charge in [0, 0.05) is 24.7 Å². The zero-order valence-corrected chi connectivity index (χ0v) is 23.3. The van der Waals surface area contributed by atoms with Crippen molar-refractivity contribution < 1.29 is 42.9 Å². The molecule has 2 heterocycles. The van der Waals surface area contributed by atoms with Crippen LogP contribution in [0.1, 0.15) is 86.0 Å². The van der Waals surface area contributed by atoms with Gasteiger partial charge in [0.25, 0.3) is 0 Å². The van der Waals surface area contributed by atoms with Crippen molar-refractivity contribution in [2.75, 3.05) is 19.8 Å². The summed E-state index contributed by atoms with van der Waals surface area (Å²) < 4.78 is 28.4. The largest absolute Gasteiger partial charge is 0.465 e. The molecule has 0 amide bonds. The Morgan fingerprint density at radius 1 is 0.974 bits per heavy atom. The molecule has 0 aromatic carbocycles. The molecule has 0 aromatic heterocycles. The van der Waals surface area contributed by atoms with Gasteiger partial charge in [-0.15, -0.1) is 0 Å². The van der Waals surface area contributed by atoms with Crippen LogP contribution in [0.4, 0.5) is 0 Å². The molecule has 4 aliphatic rings. The van der Waals surface area contributed by atoms with Gasteiger partial charge in [0.1, 0.15) is 19.3 Å². The Balaban J connectivity index is 1.63. The summed E-state index contributed by atoms with van der Waals surface area (Å²) in [6, 6.07) is 0. The van der Waals surface area contributed by atoms with Gasteiger partial charge in [-0.05, 0) is 49.4 Å². The first-order valence-corrected chi connectivity index (χ1v) is 14.1. The zero-order valence-electron chi connectivity index (χ0n) is 23.3. The van der Waals surface area contributed by atoms with Gasteiger partial charge in [-0.3, -0.25) is 14.4 Å². The number of carbonyl (C=O) groups excluding carboxylic acids is 4. The quantitative estimate of drug-likeness (QED) is 0.187. The monoisotopic (exact) mass is 534 g/mol. The van der Waals surface area contributed by atoms with Gasteiger partial charge in [0.05, 0.1) is 17.8 Å². The average Bonchev–Trinajstić information content (AvgIpc) is 3.59. The van der Waals surface area contributed by atoms with Crippen LogP contribution in [0.2, 0.25) is 0 Å². The molecule has 2 aliphatic carbocycles. The Labute approximate surface area is 224 Å². The molecule has 0 radical (unpaired) electrons. The molecule has 2 unspecified atom stereocenters. The summed E-state index contributed by atoms with van der Waals surface area (Å²) in [5.41, 5.74) is -0.657. The predicted molar refractivity (Wildman–Crippen MR) is 136 cm³/mol. The summed E-state index contributed by atoms with van der Waals surface area (Å²) in [4.78, 5) is 48.9. The van der Waals surface area contributed by atoms with E-state index in [2.05, 4.69) is 13.8 Å². The van der Waals surface area contributed by atoms with Gasteiger partial charge < -0.3 is 23.7 Å². The fraction of sp³-hybridized carbons (Fsp3) is 0.793. The number of esters is 4. The fourth-order valence-corrected chi connectivity index (χ4v) is 7.31. The Hall–Kier alpha value is -2.42. The Kier molecular flexibility index (Phi) is 8.26. The Bertz CT molecular complexity index is 983. The first-order valence-electron chi connectivity index (χ1n) is 14.1. The van der Waals surface area contributed by atoms with Crippen LogP contribution in [-0.2, 0) is 42.9 Å². The van der Waals surface area contributed by atoms with Crippen LogP contribution in [0.3, 0.4) is 0 Å². The Morgan fingerprint density at radius 2 is 1.63 bits per heavy atom. The van der Waals surface area contributed by atoms with E-state index in [-0.39, 0.29) is 79.3 Å². The SMILES string of the molecule is CCC(=O)OC[C@@]1(C)C2CC[C@]3(CO3)C(CC=C3C(=O)OC[C@H]3OC(=O)CC)[C@@]2(C)CC[C@H]1OC(=O)CC. The molecule has 2 aliphatic heterocycles. The maximum absolute atomic E-state index is 12.5. The predicted octanol–water partition coefficient (Wildman–Crippen LogP) is 4.06. The van der Waals surface area contributed by atoms with Gasteiger partial charge in [-0.2, -0.15) is 0 Å². The molecule has 9 heteroatoms. The zero-order chi connectivity index (χ0) is 27.7. The van der Waals surface area contributed by atoms with Gasteiger partial charge in [-0.1, -0.05) is 40.7 Å². The van der Waals surface area contributed by atoms with E-state index in [1.54, 1.807) is 20.8 Å². The second kappa shape index (κ2) is 11.0. The van der Waals surface area contributed by atoms with Crippen LogP contribution in [-0.4, -0.2) is 61.5 Å². The van der Waals surface area contributed by atoms with Gasteiger partial charge in [-0.25, -0.2) is 4.79 Å². The molecule has 38 heavy (non-hydrogen) atoms. The van der Waals surface area contributed by atoms with Crippen LogP contribution in [0.15, 0.2) is 11.6 Å². The molecule has 0 N–H and O–H groups in total. The van der Waals surface area contributed by atoms with Crippen molar-refractivity contribution in [1.29, 1.82) is 0 Å². The van der Waals surface area contributed by atoms with Crippen molar-refractivity contribution in [2.24, 2.45) is 22.7 Å². The van der Waals surface area contributed by atoms with E-state index >= 15 is 0 Å². The van der Waals surface area contributed by atoms with E-state index in [1.807, 2.05) is 6.08 Å². The topological polar surface area (TPSA) is 118 Å². The number of fused-ring (bicyclic) bond motifs is 1. The van der Waals surface area contributed by atoms with Gasteiger partial charge in [0.2, 0.25) is 0 Å². The minimum atomic E-state index is -0.693. The maximum atomic E-state index is 12.5. The number of rotatable bonds is 9. The molecule has 4 rings (SSSR count). The minimum absolute atomic E-state index is 0.0357. The maximum Gasteiger partial charge on any atom is 0.337 e.